The van der Waals surface area contributed by atoms with Gasteiger partial charge in [-0.3, -0.25) is 0 Å². The monoisotopic (exact) mass is 260 g/mol. The summed E-state index contributed by atoms with van der Waals surface area (Å²) in [5.74, 6) is 0. The fraction of sp³-hybridized carbons (Fsp3) is 0.500. The van der Waals surface area contributed by atoms with E-state index in [4.69, 9.17) is 5.73 Å². The summed E-state index contributed by atoms with van der Waals surface area (Å²) in [6.45, 7) is 9.79. The van der Waals surface area contributed by atoms with Gasteiger partial charge >= 0.3 is 0 Å². The molecule has 1 unspecified atom stereocenters. The van der Waals surface area contributed by atoms with E-state index in [0.29, 0.717) is 6.54 Å². The number of hydrogen-bond donors (Lipinski definition) is 2. The molecule has 0 saturated heterocycles. The fourth-order valence-corrected chi connectivity index (χ4v) is 2.45. The Morgan fingerprint density at radius 3 is 2.53 bits per heavy atom. The Bertz CT molecular complexity index is 576. The third kappa shape index (κ3) is 2.67. The first-order valence-corrected chi connectivity index (χ1v) is 6.86. The van der Waals surface area contributed by atoms with Crippen molar-refractivity contribution in [1.29, 1.82) is 0 Å². The van der Waals surface area contributed by atoms with Crippen molar-refractivity contribution in [2.45, 2.75) is 45.8 Å². The molecule has 2 rings (SSSR count). The zero-order valence-corrected chi connectivity index (χ0v) is 12.3. The zero-order valence-electron chi connectivity index (χ0n) is 12.3. The standard InChI is InChI=1S/C16H24N2O/c1-11(19)14-10-18(8-7-17)15-6-5-12(9-13(14)15)16(2,3)4/h5-6,9-11,19H,7-8,17H2,1-4H3. The molecular formula is C16H24N2O. The number of nitrogens with two attached hydrogens (primary N) is 1. The second kappa shape index (κ2) is 4.99. The van der Waals surface area contributed by atoms with Gasteiger partial charge in [0.25, 0.3) is 0 Å². The highest BCUT2D eigenvalue weighted by atomic mass is 16.3. The van der Waals surface area contributed by atoms with Crippen molar-refractivity contribution >= 4 is 10.9 Å². The van der Waals surface area contributed by atoms with Crippen molar-refractivity contribution < 1.29 is 5.11 Å². The van der Waals surface area contributed by atoms with E-state index in [9.17, 15) is 5.11 Å². The van der Waals surface area contributed by atoms with Gasteiger partial charge in [0, 0.05) is 35.8 Å². The first-order chi connectivity index (χ1) is 8.84. The topological polar surface area (TPSA) is 51.2 Å². The molecule has 0 spiro atoms. The summed E-state index contributed by atoms with van der Waals surface area (Å²) in [6, 6.07) is 6.50. The van der Waals surface area contributed by atoms with Gasteiger partial charge in [0.05, 0.1) is 6.10 Å². The minimum absolute atomic E-state index is 0.111. The molecule has 104 valence electrons. The molecule has 1 aromatic carbocycles. The highest BCUT2D eigenvalue weighted by molar-refractivity contribution is 5.85. The molecular weight excluding hydrogens is 236 g/mol. The van der Waals surface area contributed by atoms with E-state index < -0.39 is 6.10 Å². The number of nitrogens with zero attached hydrogens (tertiary/aromatic N) is 1. The van der Waals surface area contributed by atoms with Crippen molar-refractivity contribution in [3.63, 3.8) is 0 Å². The first kappa shape index (κ1) is 14.1. The van der Waals surface area contributed by atoms with Crippen LogP contribution in [0, 0.1) is 0 Å². The lowest BCUT2D eigenvalue weighted by molar-refractivity contribution is 0.200. The molecule has 1 heterocycles. The lowest BCUT2D eigenvalue weighted by atomic mass is 9.86. The number of aliphatic hydroxyl groups excluding tert-OH is 1. The molecule has 3 nitrogen and oxygen atoms in total. The second-order valence-corrected chi connectivity index (χ2v) is 6.22. The number of hydrogen-bond acceptors (Lipinski definition) is 2. The minimum atomic E-state index is -0.461. The van der Waals surface area contributed by atoms with Gasteiger partial charge < -0.3 is 15.4 Å². The highest BCUT2D eigenvalue weighted by Gasteiger charge is 2.17. The smallest absolute Gasteiger partial charge is 0.0782 e. The fourth-order valence-electron chi connectivity index (χ4n) is 2.45. The number of benzene rings is 1. The summed E-state index contributed by atoms with van der Waals surface area (Å²) < 4.78 is 2.13. The summed E-state index contributed by atoms with van der Waals surface area (Å²) in [5, 5.41) is 11.1. The largest absolute Gasteiger partial charge is 0.389 e. The Hall–Kier alpha value is -1.32. The van der Waals surface area contributed by atoms with Crippen molar-refractivity contribution in [2.75, 3.05) is 6.54 Å². The van der Waals surface area contributed by atoms with Crippen molar-refractivity contribution in [1.82, 2.24) is 4.57 Å². The van der Waals surface area contributed by atoms with Crippen LogP contribution in [-0.4, -0.2) is 16.2 Å². The first-order valence-electron chi connectivity index (χ1n) is 6.86. The molecule has 0 amide bonds. The van der Waals surface area contributed by atoms with Gasteiger partial charge in [-0.05, 0) is 30.0 Å². The molecule has 3 N–H and O–H groups in total. The number of fused-ring (bicyclic) bond motifs is 1. The zero-order chi connectivity index (χ0) is 14.2. The van der Waals surface area contributed by atoms with E-state index in [1.165, 1.54) is 5.56 Å². The Balaban J connectivity index is 2.66. The van der Waals surface area contributed by atoms with Crippen LogP contribution >= 0.6 is 0 Å². The quantitative estimate of drug-likeness (QED) is 0.891. The van der Waals surface area contributed by atoms with Crippen molar-refractivity contribution in [3.05, 3.63) is 35.5 Å². The average molecular weight is 260 g/mol. The molecule has 0 saturated carbocycles. The van der Waals surface area contributed by atoms with Gasteiger partial charge in [-0.15, -0.1) is 0 Å². The van der Waals surface area contributed by atoms with Crippen LogP contribution in [0.15, 0.2) is 24.4 Å². The molecule has 1 atom stereocenters. The summed E-state index contributed by atoms with van der Waals surface area (Å²) >= 11 is 0. The van der Waals surface area contributed by atoms with Gasteiger partial charge in [0.1, 0.15) is 0 Å². The van der Waals surface area contributed by atoms with Gasteiger partial charge in [-0.2, -0.15) is 0 Å². The van der Waals surface area contributed by atoms with Gasteiger partial charge in [0.15, 0.2) is 0 Å². The molecule has 19 heavy (non-hydrogen) atoms. The Morgan fingerprint density at radius 2 is 2.00 bits per heavy atom. The van der Waals surface area contributed by atoms with E-state index in [1.54, 1.807) is 0 Å². The molecule has 0 aliphatic carbocycles. The Labute approximate surface area is 115 Å². The lowest BCUT2D eigenvalue weighted by Gasteiger charge is -2.19. The van der Waals surface area contributed by atoms with Crippen LogP contribution in [0.1, 0.15) is 44.9 Å². The third-order valence-electron chi connectivity index (χ3n) is 3.60. The predicted molar refractivity (Wildman–Crippen MR) is 80.3 cm³/mol. The van der Waals surface area contributed by atoms with Crippen molar-refractivity contribution in [3.8, 4) is 0 Å². The maximum absolute atomic E-state index is 9.95. The average Bonchev–Trinajstić information content (AvgIpc) is 2.67. The minimum Gasteiger partial charge on any atom is -0.389 e. The molecule has 3 heteroatoms. The molecule has 0 aliphatic heterocycles. The summed E-state index contributed by atoms with van der Waals surface area (Å²) in [6.07, 6.45) is 1.56. The van der Waals surface area contributed by atoms with Gasteiger partial charge in [0.2, 0.25) is 0 Å². The van der Waals surface area contributed by atoms with Crippen LogP contribution in [-0.2, 0) is 12.0 Å². The molecule has 0 fully saturated rings. The number of aliphatic hydroxyl groups is 1. The van der Waals surface area contributed by atoms with E-state index in [2.05, 4.69) is 43.5 Å². The predicted octanol–water partition coefficient (Wildman–Crippen LogP) is 2.95. The highest BCUT2D eigenvalue weighted by Crippen LogP contribution is 2.31. The molecule has 0 aliphatic rings. The van der Waals surface area contributed by atoms with E-state index in [1.807, 2.05) is 13.1 Å². The van der Waals surface area contributed by atoms with Gasteiger partial charge in [-0.25, -0.2) is 0 Å². The SMILES string of the molecule is CC(O)c1cn(CCN)c2ccc(C(C)(C)C)cc12. The summed E-state index contributed by atoms with van der Waals surface area (Å²) in [7, 11) is 0. The van der Waals surface area contributed by atoms with Gasteiger partial charge in [-0.1, -0.05) is 26.8 Å². The number of aromatic nitrogens is 1. The van der Waals surface area contributed by atoms with Crippen LogP contribution < -0.4 is 5.73 Å². The van der Waals surface area contributed by atoms with Crippen LogP contribution in [0.25, 0.3) is 10.9 Å². The Kier molecular flexibility index (Phi) is 3.70. The second-order valence-electron chi connectivity index (χ2n) is 6.22. The molecule has 2 aromatic rings. The van der Waals surface area contributed by atoms with Crippen LogP contribution in [0.3, 0.4) is 0 Å². The van der Waals surface area contributed by atoms with Crippen LogP contribution in [0.2, 0.25) is 0 Å². The molecule has 0 radical (unpaired) electrons. The van der Waals surface area contributed by atoms with Crippen LogP contribution in [0.4, 0.5) is 0 Å². The van der Waals surface area contributed by atoms with E-state index >= 15 is 0 Å². The summed E-state index contributed by atoms with van der Waals surface area (Å²) in [5.41, 5.74) is 9.18. The molecule has 0 bridgehead atoms. The molecule has 1 aromatic heterocycles. The van der Waals surface area contributed by atoms with E-state index in [-0.39, 0.29) is 5.41 Å². The number of rotatable bonds is 3. The Morgan fingerprint density at radius 1 is 1.32 bits per heavy atom. The normalized spacial score (nSPS) is 14.0. The third-order valence-corrected chi connectivity index (χ3v) is 3.60. The van der Waals surface area contributed by atoms with Crippen molar-refractivity contribution in [2.24, 2.45) is 5.73 Å². The lowest BCUT2D eigenvalue weighted by Crippen LogP contribution is -2.11. The van der Waals surface area contributed by atoms with E-state index in [0.717, 1.165) is 23.0 Å². The summed E-state index contributed by atoms with van der Waals surface area (Å²) in [4.78, 5) is 0. The maximum Gasteiger partial charge on any atom is 0.0782 e. The van der Waals surface area contributed by atoms with Crippen LogP contribution in [0.5, 0.6) is 0 Å². The maximum atomic E-state index is 9.95.